The SMILES string of the molecule is CCO[C@H]1O[C@H](COC(=O)C(C)(C)C)[C@H](O)C[C@@H]1n1ccc(=O)[nH]c1=O. The van der Waals surface area contributed by atoms with Crippen LogP contribution in [-0.2, 0) is 19.0 Å². The maximum absolute atomic E-state index is 12.0. The average Bonchev–Trinajstić information content (AvgIpc) is 2.54. The number of rotatable bonds is 5. The molecule has 2 heterocycles. The van der Waals surface area contributed by atoms with Crippen molar-refractivity contribution in [1.29, 1.82) is 0 Å². The van der Waals surface area contributed by atoms with Crippen LogP contribution in [0, 0.1) is 5.41 Å². The topological polar surface area (TPSA) is 120 Å². The number of aromatic nitrogens is 2. The van der Waals surface area contributed by atoms with Crippen molar-refractivity contribution in [1.82, 2.24) is 9.55 Å². The average molecular weight is 370 g/mol. The Kier molecular flexibility index (Phi) is 6.38. The number of nitrogens with zero attached hydrogens (tertiary/aromatic N) is 1. The summed E-state index contributed by atoms with van der Waals surface area (Å²) >= 11 is 0. The van der Waals surface area contributed by atoms with E-state index in [1.165, 1.54) is 16.8 Å². The van der Waals surface area contributed by atoms with Gasteiger partial charge in [-0.15, -0.1) is 0 Å². The van der Waals surface area contributed by atoms with Crippen LogP contribution < -0.4 is 11.2 Å². The Morgan fingerprint density at radius 1 is 1.42 bits per heavy atom. The molecule has 2 N–H and O–H groups in total. The fourth-order valence-corrected chi connectivity index (χ4v) is 2.64. The number of carbonyl (C=O) groups is 1. The van der Waals surface area contributed by atoms with Crippen LogP contribution >= 0.6 is 0 Å². The molecule has 0 unspecified atom stereocenters. The number of aliphatic hydroxyl groups is 1. The van der Waals surface area contributed by atoms with Crippen molar-refractivity contribution in [3.63, 3.8) is 0 Å². The van der Waals surface area contributed by atoms with Crippen LogP contribution in [0.1, 0.15) is 40.2 Å². The van der Waals surface area contributed by atoms with E-state index < -0.39 is 47.2 Å². The Bertz CT molecular complexity index is 734. The molecule has 4 atom stereocenters. The predicted octanol–water partition coefficient (Wildman–Crippen LogP) is 0.179. The molecule has 1 fully saturated rings. The minimum absolute atomic E-state index is 0.117. The highest BCUT2D eigenvalue weighted by atomic mass is 16.7. The van der Waals surface area contributed by atoms with Crippen molar-refractivity contribution in [3.8, 4) is 0 Å². The Hall–Kier alpha value is -1.97. The highest BCUT2D eigenvalue weighted by Gasteiger charge is 2.40. The number of esters is 1. The number of aromatic amines is 1. The molecule has 9 heteroatoms. The molecule has 0 saturated carbocycles. The smallest absolute Gasteiger partial charge is 0.328 e. The van der Waals surface area contributed by atoms with Crippen LogP contribution in [0.25, 0.3) is 0 Å². The van der Waals surface area contributed by atoms with E-state index in [-0.39, 0.29) is 13.0 Å². The monoisotopic (exact) mass is 370 g/mol. The van der Waals surface area contributed by atoms with Crippen LogP contribution in [0.2, 0.25) is 0 Å². The highest BCUT2D eigenvalue weighted by Crippen LogP contribution is 2.30. The molecule has 26 heavy (non-hydrogen) atoms. The second-order valence-electron chi connectivity index (χ2n) is 7.23. The van der Waals surface area contributed by atoms with Gasteiger partial charge in [0.05, 0.1) is 17.6 Å². The van der Waals surface area contributed by atoms with Gasteiger partial charge >= 0.3 is 11.7 Å². The van der Waals surface area contributed by atoms with Crippen molar-refractivity contribution in [2.75, 3.05) is 13.2 Å². The molecule has 0 bridgehead atoms. The molecule has 0 spiro atoms. The lowest BCUT2D eigenvalue weighted by atomic mass is 9.97. The molecule has 146 valence electrons. The highest BCUT2D eigenvalue weighted by molar-refractivity contribution is 5.75. The maximum Gasteiger partial charge on any atom is 0.328 e. The van der Waals surface area contributed by atoms with Crippen molar-refractivity contribution >= 4 is 5.97 Å². The quantitative estimate of drug-likeness (QED) is 0.709. The van der Waals surface area contributed by atoms with Crippen molar-refractivity contribution in [3.05, 3.63) is 33.1 Å². The van der Waals surface area contributed by atoms with E-state index in [1.54, 1.807) is 27.7 Å². The van der Waals surface area contributed by atoms with Gasteiger partial charge in [0.2, 0.25) is 0 Å². The molecule has 0 aliphatic carbocycles. The normalized spacial score (nSPS) is 26.5. The first-order valence-electron chi connectivity index (χ1n) is 8.57. The molecule has 1 aromatic heterocycles. The van der Waals surface area contributed by atoms with Crippen molar-refractivity contribution < 1.29 is 24.1 Å². The second-order valence-corrected chi connectivity index (χ2v) is 7.23. The summed E-state index contributed by atoms with van der Waals surface area (Å²) in [4.78, 5) is 37.4. The summed E-state index contributed by atoms with van der Waals surface area (Å²) < 4.78 is 17.8. The largest absolute Gasteiger partial charge is 0.462 e. The molecule has 1 aromatic rings. The van der Waals surface area contributed by atoms with E-state index in [0.717, 1.165) is 0 Å². The van der Waals surface area contributed by atoms with Gasteiger partial charge in [-0.05, 0) is 27.7 Å². The molecular weight excluding hydrogens is 344 g/mol. The first kappa shape index (κ1) is 20.3. The number of carbonyl (C=O) groups excluding carboxylic acids is 1. The van der Waals surface area contributed by atoms with Gasteiger partial charge in [0.1, 0.15) is 12.7 Å². The number of hydrogen-bond donors (Lipinski definition) is 2. The van der Waals surface area contributed by atoms with Crippen molar-refractivity contribution in [2.24, 2.45) is 5.41 Å². The van der Waals surface area contributed by atoms with Crippen LogP contribution in [-0.4, -0.2) is 52.3 Å². The minimum Gasteiger partial charge on any atom is -0.462 e. The van der Waals surface area contributed by atoms with Gasteiger partial charge < -0.3 is 19.3 Å². The zero-order valence-electron chi connectivity index (χ0n) is 15.4. The van der Waals surface area contributed by atoms with Gasteiger partial charge in [0.15, 0.2) is 6.29 Å². The van der Waals surface area contributed by atoms with Gasteiger partial charge in [-0.1, -0.05) is 0 Å². The van der Waals surface area contributed by atoms with Gasteiger partial charge in [-0.25, -0.2) is 4.79 Å². The maximum atomic E-state index is 12.0. The molecule has 0 aromatic carbocycles. The third kappa shape index (κ3) is 4.80. The molecular formula is C17H26N2O7. The number of H-pyrrole nitrogens is 1. The second kappa shape index (κ2) is 8.15. The first-order valence-corrected chi connectivity index (χ1v) is 8.57. The Balaban J connectivity index is 2.14. The van der Waals surface area contributed by atoms with Gasteiger partial charge in [0.25, 0.3) is 5.56 Å². The molecule has 0 amide bonds. The van der Waals surface area contributed by atoms with E-state index in [1.807, 2.05) is 0 Å². The van der Waals surface area contributed by atoms with Gasteiger partial charge in [-0.3, -0.25) is 19.1 Å². The van der Waals surface area contributed by atoms with Crippen LogP contribution in [0.15, 0.2) is 21.9 Å². The third-order valence-electron chi connectivity index (χ3n) is 4.07. The van der Waals surface area contributed by atoms with Crippen LogP contribution in [0.4, 0.5) is 0 Å². The lowest BCUT2D eigenvalue weighted by molar-refractivity contribution is -0.251. The zero-order chi connectivity index (χ0) is 19.5. The van der Waals surface area contributed by atoms with Gasteiger partial charge in [0, 0.05) is 25.3 Å². The van der Waals surface area contributed by atoms with Crippen LogP contribution in [0.3, 0.4) is 0 Å². The van der Waals surface area contributed by atoms with Gasteiger partial charge in [-0.2, -0.15) is 0 Å². The van der Waals surface area contributed by atoms with Crippen LogP contribution in [0.5, 0.6) is 0 Å². The molecule has 0 radical (unpaired) electrons. The molecule has 1 aliphatic heterocycles. The Labute approximate surface area is 150 Å². The minimum atomic E-state index is -0.969. The predicted molar refractivity (Wildman–Crippen MR) is 91.7 cm³/mol. The summed E-state index contributed by atoms with van der Waals surface area (Å²) in [5, 5.41) is 10.4. The number of nitrogens with one attached hydrogen (secondary N) is 1. The summed E-state index contributed by atoms with van der Waals surface area (Å²) in [5.41, 5.74) is -1.78. The van der Waals surface area contributed by atoms with E-state index in [0.29, 0.717) is 6.61 Å². The summed E-state index contributed by atoms with van der Waals surface area (Å²) in [5.74, 6) is -0.403. The fraction of sp³-hybridized carbons (Fsp3) is 0.706. The van der Waals surface area contributed by atoms with E-state index in [4.69, 9.17) is 14.2 Å². The molecule has 2 rings (SSSR count). The lowest BCUT2D eigenvalue weighted by Crippen LogP contribution is -2.50. The summed E-state index contributed by atoms with van der Waals surface area (Å²) in [7, 11) is 0. The summed E-state index contributed by atoms with van der Waals surface area (Å²) in [6.45, 7) is 7.17. The third-order valence-corrected chi connectivity index (χ3v) is 4.07. The number of ether oxygens (including phenoxy) is 3. The molecule has 9 nitrogen and oxygen atoms in total. The number of hydrogen-bond acceptors (Lipinski definition) is 7. The summed E-state index contributed by atoms with van der Waals surface area (Å²) in [6.07, 6.45) is -1.08. The first-order chi connectivity index (χ1) is 12.1. The lowest BCUT2D eigenvalue weighted by Gasteiger charge is -2.39. The van der Waals surface area contributed by atoms with E-state index in [2.05, 4.69) is 4.98 Å². The van der Waals surface area contributed by atoms with Crippen molar-refractivity contribution in [2.45, 2.75) is 58.7 Å². The molecule has 1 aliphatic rings. The summed E-state index contributed by atoms with van der Waals surface area (Å²) in [6, 6.07) is 0.595. The Morgan fingerprint density at radius 3 is 2.69 bits per heavy atom. The molecule has 1 saturated heterocycles. The fourth-order valence-electron chi connectivity index (χ4n) is 2.64. The number of aliphatic hydroxyl groups excluding tert-OH is 1. The standard InChI is InChI=1S/C17H26N2O7/c1-5-24-14-10(19-7-6-13(21)18-16(19)23)8-11(20)12(26-14)9-25-15(22)17(2,3)4/h6-7,10-12,14,20H,5,8-9H2,1-4H3,(H,18,21,23)/t10-,11+,12+,14-/m0/s1. The zero-order valence-corrected chi connectivity index (χ0v) is 15.4. The van der Waals surface area contributed by atoms with E-state index in [9.17, 15) is 19.5 Å². The Morgan fingerprint density at radius 2 is 2.12 bits per heavy atom. The van der Waals surface area contributed by atoms with E-state index >= 15 is 0 Å².